The van der Waals surface area contributed by atoms with E-state index >= 15 is 0 Å². The quantitative estimate of drug-likeness (QED) is 0.693. The Balaban J connectivity index is 2.64. The maximum atomic E-state index is 11.8. The molecule has 0 aliphatic rings. The zero-order chi connectivity index (χ0) is 11.0. The van der Waals surface area contributed by atoms with Crippen LogP contribution in [0.4, 0.5) is 0 Å². The van der Waals surface area contributed by atoms with Gasteiger partial charge < -0.3 is 0 Å². The average Bonchev–Trinajstić information content (AvgIpc) is 2.61. The van der Waals surface area contributed by atoms with Crippen molar-refractivity contribution in [1.82, 2.24) is 19.5 Å². The molecule has 0 unspecified atom stereocenters. The van der Waals surface area contributed by atoms with Gasteiger partial charge in [-0.3, -0.25) is 9.36 Å². The average molecular weight is 225 g/mol. The normalized spacial score (nSPS) is 11.2. The zero-order valence-electron chi connectivity index (χ0n) is 8.31. The molecule has 2 aromatic heterocycles. The lowest BCUT2D eigenvalue weighted by atomic mass is 10.2. The smallest absolute Gasteiger partial charge is 0.236 e. The molecule has 0 saturated heterocycles. The predicted molar refractivity (Wildman–Crippen MR) is 55.8 cm³/mol. The Labute approximate surface area is 91.1 Å². The van der Waals surface area contributed by atoms with Gasteiger partial charge in [0.05, 0.1) is 0 Å². The van der Waals surface area contributed by atoms with Gasteiger partial charge in [-0.15, -0.1) is 0 Å². The lowest BCUT2D eigenvalue weighted by Gasteiger charge is -2.04. The van der Waals surface area contributed by atoms with Crippen molar-refractivity contribution in [2.75, 3.05) is 0 Å². The molecule has 0 radical (unpaired) electrons. The molecule has 0 saturated carbocycles. The summed E-state index contributed by atoms with van der Waals surface area (Å²) in [5.74, 6) is -0.177. The van der Waals surface area contributed by atoms with Gasteiger partial charge in [0.25, 0.3) is 0 Å². The monoisotopic (exact) mass is 224 g/mol. The predicted octanol–water partition coefficient (Wildman–Crippen LogP) is 1.78. The van der Waals surface area contributed by atoms with Crippen LogP contribution in [0.3, 0.4) is 0 Å². The van der Waals surface area contributed by atoms with Crippen LogP contribution in [0.1, 0.15) is 18.6 Å². The molecule has 2 rings (SSSR count). The first-order chi connectivity index (χ1) is 7.11. The SMILES string of the molecule is CC(C)C(=O)n1cnc2c(Cl)ncnc21. The second-order valence-electron chi connectivity index (χ2n) is 3.44. The van der Waals surface area contributed by atoms with Crippen molar-refractivity contribution in [3.05, 3.63) is 17.8 Å². The molecule has 0 aromatic carbocycles. The van der Waals surface area contributed by atoms with Crippen molar-refractivity contribution in [2.45, 2.75) is 13.8 Å². The fourth-order valence-electron chi connectivity index (χ4n) is 1.25. The lowest BCUT2D eigenvalue weighted by Crippen LogP contribution is -2.16. The van der Waals surface area contributed by atoms with Gasteiger partial charge in [-0.1, -0.05) is 25.4 Å². The summed E-state index contributed by atoms with van der Waals surface area (Å²) in [5.41, 5.74) is 0.905. The van der Waals surface area contributed by atoms with Crippen molar-refractivity contribution in [3.63, 3.8) is 0 Å². The third-order valence-electron chi connectivity index (χ3n) is 2.02. The van der Waals surface area contributed by atoms with Crippen molar-refractivity contribution in [1.29, 1.82) is 0 Å². The number of rotatable bonds is 1. The molecule has 0 N–H and O–H groups in total. The van der Waals surface area contributed by atoms with Gasteiger partial charge in [0.15, 0.2) is 10.8 Å². The highest BCUT2D eigenvalue weighted by Crippen LogP contribution is 2.17. The number of imidazole rings is 1. The van der Waals surface area contributed by atoms with Gasteiger partial charge in [0.1, 0.15) is 18.2 Å². The van der Waals surface area contributed by atoms with Crippen LogP contribution in [-0.4, -0.2) is 25.4 Å². The van der Waals surface area contributed by atoms with Gasteiger partial charge in [-0.05, 0) is 0 Å². The molecule has 78 valence electrons. The van der Waals surface area contributed by atoms with Crippen LogP contribution < -0.4 is 0 Å². The second kappa shape index (κ2) is 3.58. The van der Waals surface area contributed by atoms with Crippen molar-refractivity contribution < 1.29 is 4.79 Å². The summed E-state index contributed by atoms with van der Waals surface area (Å²) in [6.07, 6.45) is 2.74. The molecule has 0 atom stereocenters. The Morgan fingerprint density at radius 2 is 2.13 bits per heavy atom. The number of hydrogen-bond donors (Lipinski definition) is 0. The maximum absolute atomic E-state index is 11.8. The number of hydrogen-bond acceptors (Lipinski definition) is 4. The number of fused-ring (bicyclic) bond motifs is 1. The van der Waals surface area contributed by atoms with E-state index in [0.29, 0.717) is 11.2 Å². The van der Waals surface area contributed by atoms with E-state index in [-0.39, 0.29) is 17.0 Å². The van der Waals surface area contributed by atoms with Crippen LogP contribution in [0.2, 0.25) is 5.15 Å². The van der Waals surface area contributed by atoms with Gasteiger partial charge in [-0.25, -0.2) is 15.0 Å². The Morgan fingerprint density at radius 1 is 1.40 bits per heavy atom. The molecular weight excluding hydrogens is 216 g/mol. The molecule has 0 bridgehead atoms. The van der Waals surface area contributed by atoms with Crippen molar-refractivity contribution in [3.8, 4) is 0 Å². The first kappa shape index (κ1) is 10.0. The molecule has 15 heavy (non-hydrogen) atoms. The van der Waals surface area contributed by atoms with E-state index in [1.165, 1.54) is 17.2 Å². The topological polar surface area (TPSA) is 60.7 Å². The van der Waals surface area contributed by atoms with Crippen LogP contribution >= 0.6 is 11.6 Å². The van der Waals surface area contributed by atoms with Crippen molar-refractivity contribution >= 4 is 28.7 Å². The summed E-state index contributed by atoms with van der Waals surface area (Å²) in [6, 6.07) is 0. The summed E-state index contributed by atoms with van der Waals surface area (Å²) in [4.78, 5) is 23.5. The number of carbonyl (C=O) groups excluding carboxylic acids is 1. The molecule has 2 heterocycles. The molecule has 0 amide bonds. The Morgan fingerprint density at radius 3 is 2.80 bits per heavy atom. The third-order valence-corrected chi connectivity index (χ3v) is 2.30. The lowest BCUT2D eigenvalue weighted by molar-refractivity contribution is 0.0859. The van der Waals surface area contributed by atoms with Crippen LogP contribution in [0.15, 0.2) is 12.7 Å². The highest BCUT2D eigenvalue weighted by Gasteiger charge is 2.15. The minimum atomic E-state index is -0.115. The summed E-state index contributed by atoms with van der Waals surface area (Å²) >= 11 is 5.82. The van der Waals surface area contributed by atoms with E-state index in [1.807, 2.05) is 13.8 Å². The highest BCUT2D eigenvalue weighted by molar-refractivity contribution is 6.33. The maximum Gasteiger partial charge on any atom is 0.236 e. The Hall–Kier alpha value is -1.49. The third kappa shape index (κ3) is 1.59. The Bertz CT molecular complexity index is 520. The van der Waals surface area contributed by atoms with E-state index in [1.54, 1.807) is 0 Å². The number of carbonyl (C=O) groups is 1. The molecule has 6 heteroatoms. The summed E-state index contributed by atoms with van der Waals surface area (Å²) in [7, 11) is 0. The number of halogens is 1. The molecular formula is C9H9ClN4O. The number of aromatic nitrogens is 4. The van der Waals surface area contributed by atoms with E-state index in [4.69, 9.17) is 11.6 Å². The largest absolute Gasteiger partial charge is 0.274 e. The standard InChI is InChI=1S/C9H9ClN4O/c1-5(2)9(15)14-4-13-6-7(10)11-3-12-8(6)14/h3-5H,1-2H3. The van der Waals surface area contributed by atoms with E-state index in [9.17, 15) is 4.79 Å². The summed E-state index contributed by atoms with van der Waals surface area (Å²) in [6.45, 7) is 3.63. The minimum absolute atomic E-state index is 0.0627. The minimum Gasteiger partial charge on any atom is -0.274 e. The van der Waals surface area contributed by atoms with Crippen LogP contribution in [0.25, 0.3) is 11.2 Å². The molecule has 0 aliphatic heterocycles. The Kier molecular flexibility index (Phi) is 2.40. The first-order valence-corrected chi connectivity index (χ1v) is 4.87. The summed E-state index contributed by atoms with van der Waals surface area (Å²) in [5, 5.41) is 0.260. The first-order valence-electron chi connectivity index (χ1n) is 4.49. The second-order valence-corrected chi connectivity index (χ2v) is 3.80. The van der Waals surface area contributed by atoms with Crippen LogP contribution in [-0.2, 0) is 0 Å². The molecule has 0 fully saturated rings. The fraction of sp³-hybridized carbons (Fsp3) is 0.333. The van der Waals surface area contributed by atoms with Crippen molar-refractivity contribution in [2.24, 2.45) is 5.92 Å². The highest BCUT2D eigenvalue weighted by atomic mass is 35.5. The summed E-state index contributed by atoms with van der Waals surface area (Å²) < 4.78 is 1.40. The van der Waals surface area contributed by atoms with E-state index in [0.717, 1.165) is 0 Å². The molecule has 5 nitrogen and oxygen atoms in total. The molecule has 0 spiro atoms. The van der Waals surface area contributed by atoms with Crippen LogP contribution in [0, 0.1) is 5.92 Å². The van der Waals surface area contributed by atoms with Gasteiger partial charge in [0.2, 0.25) is 5.91 Å². The number of nitrogens with zero attached hydrogens (tertiary/aromatic N) is 4. The molecule has 2 aromatic rings. The van der Waals surface area contributed by atoms with Crippen LogP contribution in [0.5, 0.6) is 0 Å². The molecule has 0 aliphatic carbocycles. The zero-order valence-corrected chi connectivity index (χ0v) is 9.06. The van der Waals surface area contributed by atoms with E-state index in [2.05, 4.69) is 15.0 Å². The van der Waals surface area contributed by atoms with Gasteiger partial charge in [0, 0.05) is 5.92 Å². The fourth-order valence-corrected chi connectivity index (χ4v) is 1.42. The van der Waals surface area contributed by atoms with E-state index < -0.39 is 0 Å². The van der Waals surface area contributed by atoms with Gasteiger partial charge in [-0.2, -0.15) is 0 Å². The van der Waals surface area contributed by atoms with Gasteiger partial charge >= 0.3 is 0 Å².